The Balaban J connectivity index is 1.27. The maximum atomic E-state index is 12.8. The number of benzene rings is 2. The van der Waals surface area contributed by atoms with Gasteiger partial charge in [0.15, 0.2) is 5.78 Å². The molecule has 0 saturated carbocycles. The molecule has 0 radical (unpaired) electrons. The van der Waals surface area contributed by atoms with Crippen molar-refractivity contribution in [1.29, 1.82) is 0 Å². The van der Waals surface area contributed by atoms with Crippen molar-refractivity contribution >= 4 is 11.7 Å². The number of ether oxygens (including phenoxy) is 1. The number of carbonyl (C=O) groups excluding carboxylic acids is 2. The Morgan fingerprint density at radius 3 is 2.53 bits per heavy atom. The van der Waals surface area contributed by atoms with Gasteiger partial charge in [-0.25, -0.2) is 0 Å². The van der Waals surface area contributed by atoms with E-state index in [2.05, 4.69) is 10.2 Å². The molecule has 194 valence electrons. The number of likely N-dealkylation sites (tertiary alicyclic amines) is 1. The summed E-state index contributed by atoms with van der Waals surface area (Å²) in [7, 11) is 0. The van der Waals surface area contributed by atoms with Gasteiger partial charge >= 0.3 is 0 Å². The van der Waals surface area contributed by atoms with E-state index >= 15 is 0 Å². The highest BCUT2D eigenvalue weighted by atomic mass is 16.5. The molecule has 36 heavy (non-hydrogen) atoms. The molecular formula is C30H40N2O4. The van der Waals surface area contributed by atoms with Crippen molar-refractivity contribution < 1.29 is 19.4 Å². The van der Waals surface area contributed by atoms with Crippen molar-refractivity contribution in [2.45, 2.75) is 76.9 Å². The average Bonchev–Trinajstić information content (AvgIpc) is 3.41. The van der Waals surface area contributed by atoms with Crippen molar-refractivity contribution in [2.75, 3.05) is 26.2 Å². The van der Waals surface area contributed by atoms with E-state index in [4.69, 9.17) is 4.74 Å². The monoisotopic (exact) mass is 492 g/mol. The zero-order valence-corrected chi connectivity index (χ0v) is 21.5. The molecule has 2 aromatic rings. The zero-order chi connectivity index (χ0) is 25.3. The number of hydrogen-bond donors (Lipinski definition) is 2. The number of aliphatic hydroxyl groups is 1. The van der Waals surface area contributed by atoms with Crippen LogP contribution in [-0.4, -0.2) is 54.0 Å². The third-order valence-electron chi connectivity index (χ3n) is 7.34. The van der Waals surface area contributed by atoms with Crippen LogP contribution >= 0.6 is 0 Å². The molecule has 1 saturated heterocycles. The molecule has 0 aliphatic carbocycles. The molecule has 2 atom stereocenters. The molecule has 2 aromatic carbocycles. The number of rotatable bonds is 12. The van der Waals surface area contributed by atoms with Gasteiger partial charge in [0.05, 0.1) is 12.6 Å². The first kappa shape index (κ1) is 26.4. The molecule has 1 fully saturated rings. The average molecular weight is 493 g/mol. The van der Waals surface area contributed by atoms with E-state index in [1.807, 2.05) is 49.4 Å². The van der Waals surface area contributed by atoms with Crippen LogP contribution in [-0.2, 0) is 11.2 Å². The molecule has 6 nitrogen and oxygen atoms in total. The molecule has 2 aliphatic heterocycles. The number of fused-ring (bicyclic) bond motifs is 1. The highest BCUT2D eigenvalue weighted by Gasteiger charge is 2.27. The number of carbonyl (C=O) groups is 2. The lowest BCUT2D eigenvalue weighted by molar-refractivity contribution is -0.123. The quantitative estimate of drug-likeness (QED) is 0.330. The highest BCUT2D eigenvalue weighted by Crippen LogP contribution is 2.30. The fourth-order valence-corrected chi connectivity index (χ4v) is 5.15. The number of aryl methyl sites for hydroxylation is 2. The highest BCUT2D eigenvalue weighted by molar-refractivity contribution is 5.96. The largest absolute Gasteiger partial charge is 0.493 e. The Labute approximate surface area is 215 Å². The summed E-state index contributed by atoms with van der Waals surface area (Å²) in [6.45, 7) is 5.35. The Morgan fingerprint density at radius 1 is 1.00 bits per heavy atom. The minimum absolute atomic E-state index is 0.0441. The van der Waals surface area contributed by atoms with Gasteiger partial charge in [0, 0.05) is 24.9 Å². The Kier molecular flexibility index (Phi) is 9.54. The van der Waals surface area contributed by atoms with Crippen molar-refractivity contribution in [1.82, 2.24) is 10.2 Å². The van der Waals surface area contributed by atoms with Gasteiger partial charge in [-0.15, -0.1) is 0 Å². The summed E-state index contributed by atoms with van der Waals surface area (Å²) in [4.78, 5) is 27.5. The predicted octanol–water partition coefficient (Wildman–Crippen LogP) is 4.77. The van der Waals surface area contributed by atoms with Crippen molar-refractivity contribution in [2.24, 2.45) is 0 Å². The number of Topliss-reactive ketones (excluding diaryl/α,β-unsaturated/α-hetero) is 1. The van der Waals surface area contributed by atoms with Gasteiger partial charge in [0.25, 0.3) is 0 Å². The number of amides is 1. The summed E-state index contributed by atoms with van der Waals surface area (Å²) in [6.07, 6.45) is 6.76. The lowest BCUT2D eigenvalue weighted by Gasteiger charge is -2.29. The normalized spacial score (nSPS) is 17.2. The maximum Gasteiger partial charge on any atom is 0.220 e. The first-order chi connectivity index (χ1) is 17.5. The first-order valence-electron chi connectivity index (χ1n) is 13.5. The number of unbranched alkanes of at least 4 members (excludes halogenated alkanes) is 2. The molecule has 4 rings (SSSR count). The molecule has 0 bridgehead atoms. The van der Waals surface area contributed by atoms with Gasteiger partial charge in [-0.3, -0.25) is 9.59 Å². The van der Waals surface area contributed by atoms with E-state index in [1.54, 1.807) is 0 Å². The number of nitrogens with one attached hydrogen (secondary N) is 1. The zero-order valence-electron chi connectivity index (χ0n) is 21.5. The van der Waals surface area contributed by atoms with Crippen molar-refractivity contribution in [3.8, 4) is 5.75 Å². The van der Waals surface area contributed by atoms with Gasteiger partial charge < -0.3 is 20.1 Å². The lowest BCUT2D eigenvalue weighted by Crippen LogP contribution is -2.46. The van der Waals surface area contributed by atoms with Crippen LogP contribution in [0.1, 0.15) is 84.5 Å². The molecule has 0 unspecified atom stereocenters. The van der Waals surface area contributed by atoms with Crippen LogP contribution in [0.4, 0.5) is 0 Å². The smallest absolute Gasteiger partial charge is 0.220 e. The van der Waals surface area contributed by atoms with Crippen molar-refractivity contribution in [3.63, 3.8) is 0 Å². The fraction of sp³-hybridized carbons (Fsp3) is 0.533. The van der Waals surface area contributed by atoms with E-state index in [1.165, 1.54) is 5.56 Å². The van der Waals surface area contributed by atoms with E-state index in [0.29, 0.717) is 26.0 Å². The van der Waals surface area contributed by atoms with Gasteiger partial charge in [0.2, 0.25) is 5.91 Å². The third-order valence-corrected chi connectivity index (χ3v) is 7.34. The molecule has 2 aliphatic rings. The number of ketones is 1. The number of hydrogen-bond acceptors (Lipinski definition) is 5. The summed E-state index contributed by atoms with van der Waals surface area (Å²) in [5.41, 5.74) is 3.86. The third kappa shape index (κ3) is 7.40. The molecule has 0 spiro atoms. The van der Waals surface area contributed by atoms with Crippen LogP contribution in [0.3, 0.4) is 0 Å². The van der Waals surface area contributed by atoms with Gasteiger partial charge in [0.1, 0.15) is 11.9 Å². The molecule has 1 amide bonds. The van der Waals surface area contributed by atoms with Gasteiger partial charge in [-0.1, -0.05) is 48.4 Å². The topological polar surface area (TPSA) is 78.9 Å². The van der Waals surface area contributed by atoms with Gasteiger partial charge in [-0.05, 0) is 75.7 Å². The van der Waals surface area contributed by atoms with Crippen molar-refractivity contribution in [3.05, 3.63) is 64.7 Å². The second-order valence-corrected chi connectivity index (χ2v) is 10.3. The summed E-state index contributed by atoms with van der Waals surface area (Å²) in [5, 5.41) is 14.4. The van der Waals surface area contributed by atoms with Crippen LogP contribution in [0, 0.1) is 6.92 Å². The lowest BCUT2D eigenvalue weighted by atomic mass is 9.97. The van der Waals surface area contributed by atoms with E-state index in [9.17, 15) is 14.7 Å². The minimum atomic E-state index is -0.794. The van der Waals surface area contributed by atoms with E-state index in [0.717, 1.165) is 80.5 Å². The Hall–Kier alpha value is -2.70. The SMILES string of the molecule is Cc1ccc(C(=O)CCCCCC(=O)N[C@H](CN2CCCC2)[C@H](O)c2ccc3c(c2)OCCC3)cc1. The Morgan fingerprint density at radius 2 is 1.75 bits per heavy atom. The molecule has 0 aromatic heterocycles. The van der Waals surface area contributed by atoms with Crippen LogP contribution < -0.4 is 10.1 Å². The molecule has 2 heterocycles. The van der Waals surface area contributed by atoms with Crippen LogP contribution in [0.15, 0.2) is 42.5 Å². The summed E-state index contributed by atoms with van der Waals surface area (Å²) < 4.78 is 5.80. The summed E-state index contributed by atoms with van der Waals surface area (Å²) in [5.74, 6) is 0.962. The second-order valence-electron chi connectivity index (χ2n) is 10.3. The summed E-state index contributed by atoms with van der Waals surface area (Å²) >= 11 is 0. The van der Waals surface area contributed by atoms with Gasteiger partial charge in [-0.2, -0.15) is 0 Å². The maximum absolute atomic E-state index is 12.8. The Bertz CT molecular complexity index is 1010. The van der Waals surface area contributed by atoms with E-state index in [-0.39, 0.29) is 17.7 Å². The van der Waals surface area contributed by atoms with Crippen LogP contribution in [0.2, 0.25) is 0 Å². The molecule has 6 heteroatoms. The molecule has 2 N–H and O–H groups in total. The predicted molar refractivity (Wildman–Crippen MR) is 141 cm³/mol. The van der Waals surface area contributed by atoms with Crippen LogP contribution in [0.5, 0.6) is 5.75 Å². The van der Waals surface area contributed by atoms with E-state index < -0.39 is 6.10 Å². The number of aliphatic hydroxyl groups excluding tert-OH is 1. The standard InChI is InChI=1S/C30H40N2O4/c1-22-11-13-23(14-12-22)27(33)9-3-2-4-10-29(34)31-26(21-32-17-5-6-18-32)30(35)25-16-15-24-8-7-19-36-28(24)20-25/h11-16,20,26,30,35H,2-10,17-19,21H2,1H3,(H,31,34)/t26-,30-/m1/s1. The minimum Gasteiger partial charge on any atom is -0.493 e. The fourth-order valence-electron chi connectivity index (χ4n) is 5.15. The van der Waals surface area contributed by atoms with Crippen LogP contribution in [0.25, 0.3) is 0 Å². The molecular weight excluding hydrogens is 452 g/mol. The number of nitrogens with zero attached hydrogens (tertiary/aromatic N) is 1. The first-order valence-corrected chi connectivity index (χ1v) is 13.5. The second kappa shape index (κ2) is 13.0. The summed E-state index contributed by atoms with van der Waals surface area (Å²) in [6, 6.07) is 13.3.